The van der Waals surface area contributed by atoms with Crippen LogP contribution in [0.25, 0.3) is 6.08 Å². The van der Waals surface area contributed by atoms with Gasteiger partial charge in [-0.25, -0.2) is 0 Å². The lowest BCUT2D eigenvalue weighted by Crippen LogP contribution is -1.80. The van der Waals surface area contributed by atoms with E-state index in [1.54, 1.807) is 0 Å². The van der Waals surface area contributed by atoms with E-state index in [0.717, 1.165) is 0 Å². The molecule has 0 radical (unpaired) electrons. The van der Waals surface area contributed by atoms with Gasteiger partial charge >= 0.3 is 0 Å². The number of aryl methyl sites for hydroxylation is 1. The van der Waals surface area contributed by atoms with Gasteiger partial charge in [-0.15, -0.1) is 0 Å². The first kappa shape index (κ1) is 11.8. The molecule has 0 atom stereocenters. The van der Waals surface area contributed by atoms with Crippen molar-refractivity contribution in [2.24, 2.45) is 0 Å². The second kappa shape index (κ2) is 6.23. The molecule has 0 aliphatic heterocycles. The van der Waals surface area contributed by atoms with E-state index in [1.807, 2.05) is 0 Å². The second-order valence-corrected chi connectivity index (χ2v) is 3.80. The van der Waals surface area contributed by atoms with Crippen LogP contribution in [-0.2, 0) is 0 Å². The van der Waals surface area contributed by atoms with Crippen molar-refractivity contribution < 1.29 is 0 Å². The van der Waals surface area contributed by atoms with Gasteiger partial charge in [0.25, 0.3) is 0 Å². The van der Waals surface area contributed by atoms with Crippen LogP contribution in [0.1, 0.15) is 37.8 Å². The smallest absolute Gasteiger partial charge is 0.0227 e. The lowest BCUT2D eigenvalue weighted by molar-refractivity contribution is 0.925. The van der Waals surface area contributed by atoms with E-state index in [9.17, 15) is 0 Å². The lowest BCUT2D eigenvalue weighted by atomic mass is 10.1. The third kappa shape index (κ3) is 3.75. The Hall–Kier alpha value is -1.30. The van der Waals surface area contributed by atoms with Crippen molar-refractivity contribution in [3.05, 3.63) is 53.1 Å². The Morgan fingerprint density at radius 2 is 2.00 bits per heavy atom. The lowest BCUT2D eigenvalue weighted by Gasteiger charge is -2.00. The fourth-order valence-corrected chi connectivity index (χ4v) is 1.58. The Labute approximate surface area is 93.3 Å². The third-order valence-electron chi connectivity index (χ3n) is 2.57. The summed E-state index contributed by atoms with van der Waals surface area (Å²) in [5.41, 5.74) is 4.06. The van der Waals surface area contributed by atoms with Crippen molar-refractivity contribution in [2.75, 3.05) is 0 Å². The van der Waals surface area contributed by atoms with Crippen molar-refractivity contribution in [2.45, 2.75) is 33.6 Å². The van der Waals surface area contributed by atoms with Crippen molar-refractivity contribution in [3.63, 3.8) is 0 Å². The molecule has 0 saturated heterocycles. The number of hydrogen-bond acceptors (Lipinski definition) is 0. The van der Waals surface area contributed by atoms with Crippen LogP contribution in [0.15, 0.2) is 42.0 Å². The highest BCUT2D eigenvalue weighted by atomic mass is 14.0. The first-order valence-corrected chi connectivity index (χ1v) is 5.66. The molecule has 0 heterocycles. The summed E-state index contributed by atoms with van der Waals surface area (Å²) in [6.45, 7) is 6.47. The van der Waals surface area contributed by atoms with E-state index in [0.29, 0.717) is 0 Å². The quantitative estimate of drug-likeness (QED) is 0.615. The van der Waals surface area contributed by atoms with E-state index in [1.165, 1.54) is 29.5 Å². The van der Waals surface area contributed by atoms with Gasteiger partial charge in [0.1, 0.15) is 0 Å². The van der Waals surface area contributed by atoms with E-state index in [-0.39, 0.29) is 0 Å². The molecule has 0 spiro atoms. The van der Waals surface area contributed by atoms with Gasteiger partial charge < -0.3 is 0 Å². The maximum atomic E-state index is 2.23. The second-order valence-electron chi connectivity index (χ2n) is 3.80. The minimum Gasteiger partial charge on any atom is -0.0844 e. The topological polar surface area (TPSA) is 0 Å². The molecule has 1 aromatic rings. The first-order chi connectivity index (χ1) is 7.27. The van der Waals surface area contributed by atoms with Crippen molar-refractivity contribution >= 4 is 6.08 Å². The van der Waals surface area contributed by atoms with Crippen LogP contribution in [0.3, 0.4) is 0 Å². The summed E-state index contributed by atoms with van der Waals surface area (Å²) in [6.07, 6.45) is 9.00. The highest BCUT2D eigenvalue weighted by Gasteiger charge is 1.92. The molecule has 0 unspecified atom stereocenters. The molecular weight excluding hydrogens is 180 g/mol. The predicted molar refractivity (Wildman–Crippen MR) is 68.9 cm³/mol. The van der Waals surface area contributed by atoms with Crippen molar-refractivity contribution in [1.29, 1.82) is 0 Å². The molecule has 15 heavy (non-hydrogen) atoms. The number of hydrogen-bond donors (Lipinski definition) is 0. The van der Waals surface area contributed by atoms with Gasteiger partial charge in [-0.3, -0.25) is 0 Å². The maximum absolute atomic E-state index is 2.23. The van der Waals surface area contributed by atoms with Crippen LogP contribution in [-0.4, -0.2) is 0 Å². The van der Waals surface area contributed by atoms with Gasteiger partial charge in [-0.1, -0.05) is 61.4 Å². The molecular formula is C15H20. The summed E-state index contributed by atoms with van der Waals surface area (Å²) in [5, 5.41) is 0. The van der Waals surface area contributed by atoms with E-state index in [4.69, 9.17) is 0 Å². The molecule has 0 aliphatic carbocycles. The Morgan fingerprint density at radius 1 is 1.27 bits per heavy atom. The maximum Gasteiger partial charge on any atom is -0.0227 e. The minimum atomic E-state index is 1.17. The monoisotopic (exact) mass is 200 g/mol. The van der Waals surface area contributed by atoms with Crippen LogP contribution in [0.4, 0.5) is 0 Å². The van der Waals surface area contributed by atoms with E-state index < -0.39 is 0 Å². The zero-order valence-electron chi connectivity index (χ0n) is 9.96. The fraction of sp³-hybridized carbons (Fsp3) is 0.333. The van der Waals surface area contributed by atoms with Crippen LogP contribution in [0.2, 0.25) is 0 Å². The van der Waals surface area contributed by atoms with Gasteiger partial charge in [0, 0.05) is 0 Å². The normalized spacial score (nSPS) is 12.3. The zero-order chi connectivity index (χ0) is 11.1. The molecule has 0 fully saturated rings. The molecule has 0 N–H and O–H groups in total. The van der Waals surface area contributed by atoms with Crippen LogP contribution in [0, 0.1) is 6.92 Å². The van der Waals surface area contributed by atoms with Crippen molar-refractivity contribution in [3.8, 4) is 0 Å². The number of allylic oxidation sites excluding steroid dienone is 3. The molecule has 0 amide bonds. The molecule has 0 aliphatic rings. The van der Waals surface area contributed by atoms with Gasteiger partial charge in [-0.05, 0) is 31.4 Å². The van der Waals surface area contributed by atoms with Crippen LogP contribution < -0.4 is 0 Å². The standard InChI is InChI=1S/C15H20/c1-4-8-14(5-2)11-12-15-10-7-6-9-13(15)3/h5-7,9-12H,4,8H2,1-3H3/b12-11+,14-5-. The van der Waals surface area contributed by atoms with Crippen molar-refractivity contribution in [1.82, 2.24) is 0 Å². The molecule has 0 bridgehead atoms. The third-order valence-corrected chi connectivity index (χ3v) is 2.57. The Kier molecular flexibility index (Phi) is 4.89. The van der Waals surface area contributed by atoms with Gasteiger partial charge in [0.15, 0.2) is 0 Å². The predicted octanol–water partition coefficient (Wildman–Crippen LogP) is 4.75. The highest BCUT2D eigenvalue weighted by Crippen LogP contribution is 2.13. The molecule has 0 aromatic heterocycles. The molecule has 1 aromatic carbocycles. The summed E-state index contributed by atoms with van der Waals surface area (Å²) in [7, 11) is 0. The van der Waals surface area contributed by atoms with Gasteiger partial charge in [-0.2, -0.15) is 0 Å². The largest absolute Gasteiger partial charge is 0.0844 e. The fourth-order valence-electron chi connectivity index (χ4n) is 1.58. The van der Waals surface area contributed by atoms with Gasteiger partial charge in [0.2, 0.25) is 0 Å². The average Bonchev–Trinajstić information content (AvgIpc) is 2.26. The van der Waals surface area contributed by atoms with E-state index >= 15 is 0 Å². The molecule has 80 valence electrons. The Morgan fingerprint density at radius 3 is 2.60 bits per heavy atom. The average molecular weight is 200 g/mol. The Bertz CT molecular complexity index is 356. The minimum absolute atomic E-state index is 1.17. The Balaban J connectivity index is 2.77. The van der Waals surface area contributed by atoms with Crippen LogP contribution in [0.5, 0.6) is 0 Å². The summed E-state index contributed by atoms with van der Waals surface area (Å²) in [6, 6.07) is 8.47. The zero-order valence-corrected chi connectivity index (χ0v) is 9.96. The SMILES string of the molecule is C/C=C(\C=C\c1ccccc1C)CCC. The number of rotatable bonds is 4. The van der Waals surface area contributed by atoms with Gasteiger partial charge in [0.05, 0.1) is 0 Å². The molecule has 1 rings (SSSR count). The van der Waals surface area contributed by atoms with Crippen LogP contribution >= 0.6 is 0 Å². The molecule has 0 heteroatoms. The summed E-state index contributed by atoms with van der Waals surface area (Å²) in [4.78, 5) is 0. The summed E-state index contributed by atoms with van der Waals surface area (Å²) in [5.74, 6) is 0. The highest BCUT2D eigenvalue weighted by molar-refractivity contribution is 5.56. The molecule has 0 nitrogen and oxygen atoms in total. The number of benzene rings is 1. The van der Waals surface area contributed by atoms with E-state index in [2.05, 4.69) is 63.3 Å². The molecule has 0 saturated carbocycles. The summed E-state index contributed by atoms with van der Waals surface area (Å²) >= 11 is 0. The summed E-state index contributed by atoms with van der Waals surface area (Å²) < 4.78 is 0. The first-order valence-electron chi connectivity index (χ1n) is 5.66.